The molecule has 7 nitrogen and oxygen atoms in total. The topological polar surface area (TPSA) is 96.5 Å². The van der Waals surface area contributed by atoms with Crippen LogP contribution < -0.4 is 5.32 Å². The maximum absolute atomic E-state index is 12.6. The van der Waals surface area contributed by atoms with Crippen LogP contribution in [0.15, 0.2) is 43.0 Å². The highest BCUT2D eigenvalue weighted by atomic mass is 16.1. The summed E-state index contributed by atoms with van der Waals surface area (Å²) in [5.74, 6) is -0.161. The molecule has 0 radical (unpaired) electrons. The molecule has 3 aromatic rings. The van der Waals surface area contributed by atoms with Crippen LogP contribution in [0, 0.1) is 25.2 Å². The molecule has 3 rings (SSSR count). The highest BCUT2D eigenvalue weighted by Gasteiger charge is 2.13. The Balaban J connectivity index is 1.79. The number of aromatic nitrogens is 4. The molecule has 1 N–H and O–H groups in total. The van der Waals surface area contributed by atoms with Crippen LogP contribution in [0.1, 0.15) is 34.1 Å². The van der Waals surface area contributed by atoms with E-state index in [1.165, 1.54) is 6.33 Å². The van der Waals surface area contributed by atoms with Crippen LogP contribution in [0.3, 0.4) is 0 Å². The molecule has 2 heterocycles. The quantitative estimate of drug-likeness (QED) is 0.754. The van der Waals surface area contributed by atoms with E-state index in [1.54, 1.807) is 17.1 Å². The molecule has 0 saturated heterocycles. The second-order valence-electron chi connectivity index (χ2n) is 6.47. The molecule has 0 saturated carbocycles. The second-order valence-corrected chi connectivity index (χ2v) is 6.47. The van der Waals surface area contributed by atoms with E-state index in [2.05, 4.69) is 26.5 Å². The molecule has 1 atom stereocenters. The number of carbonyl (C=O) groups excluding carboxylic acids is 1. The third kappa shape index (κ3) is 4.18. The predicted molar refractivity (Wildman–Crippen MR) is 101 cm³/mol. The van der Waals surface area contributed by atoms with Crippen LogP contribution in [0.5, 0.6) is 0 Å². The van der Waals surface area contributed by atoms with Gasteiger partial charge in [0.05, 0.1) is 23.5 Å². The first-order valence-electron chi connectivity index (χ1n) is 8.60. The van der Waals surface area contributed by atoms with E-state index >= 15 is 0 Å². The largest absolute Gasteiger partial charge is 0.348 e. The van der Waals surface area contributed by atoms with E-state index < -0.39 is 0 Å². The lowest BCUT2D eigenvalue weighted by Crippen LogP contribution is -2.35. The SMILES string of the molecule is Cc1cc(-c2cccc(C(=O)N[C@@H](C)Cn3cncn3)c2)nc(C)c1C#N. The molecule has 1 aromatic carbocycles. The Labute approximate surface area is 157 Å². The third-order valence-electron chi connectivity index (χ3n) is 4.23. The molecule has 27 heavy (non-hydrogen) atoms. The van der Waals surface area contributed by atoms with Crippen molar-refractivity contribution in [3.8, 4) is 17.3 Å². The number of nitriles is 1. The average molecular weight is 360 g/mol. The molecular formula is C20H20N6O. The van der Waals surface area contributed by atoms with Crippen molar-refractivity contribution in [2.45, 2.75) is 33.4 Å². The van der Waals surface area contributed by atoms with Gasteiger partial charge in [-0.2, -0.15) is 10.4 Å². The number of nitrogens with one attached hydrogen (secondary N) is 1. The zero-order valence-electron chi connectivity index (χ0n) is 15.5. The summed E-state index contributed by atoms with van der Waals surface area (Å²) in [6.07, 6.45) is 3.08. The molecule has 0 unspecified atom stereocenters. The Hall–Kier alpha value is -3.53. The standard InChI is InChI=1S/C20H20N6O/c1-13-7-19(25-15(3)18(13)9-21)16-5-4-6-17(8-16)20(27)24-14(2)10-26-12-22-11-23-26/h4-8,11-12,14H,10H2,1-3H3,(H,24,27)/t14-/m0/s1. The number of hydrogen-bond donors (Lipinski definition) is 1. The zero-order valence-corrected chi connectivity index (χ0v) is 15.5. The molecule has 0 spiro atoms. The molecule has 7 heteroatoms. The third-order valence-corrected chi connectivity index (χ3v) is 4.23. The molecule has 0 aliphatic rings. The summed E-state index contributed by atoms with van der Waals surface area (Å²) < 4.78 is 1.67. The number of benzene rings is 1. The molecule has 1 amide bonds. The Morgan fingerprint density at radius 2 is 2.15 bits per heavy atom. The van der Waals surface area contributed by atoms with Crippen LogP contribution in [0.2, 0.25) is 0 Å². The Bertz CT molecular complexity index is 981. The van der Waals surface area contributed by atoms with E-state index in [4.69, 9.17) is 0 Å². The summed E-state index contributed by atoms with van der Waals surface area (Å²) in [6, 6.07) is 11.3. The van der Waals surface area contributed by atoms with Gasteiger partial charge in [-0.1, -0.05) is 12.1 Å². The summed E-state index contributed by atoms with van der Waals surface area (Å²) in [7, 11) is 0. The molecule has 0 aliphatic carbocycles. The number of aryl methyl sites for hydroxylation is 2. The minimum absolute atomic E-state index is 0.0969. The van der Waals surface area contributed by atoms with Gasteiger partial charge in [0, 0.05) is 17.2 Å². The van der Waals surface area contributed by atoms with Crippen LogP contribution in [0.25, 0.3) is 11.3 Å². The van der Waals surface area contributed by atoms with Crippen LogP contribution in [0.4, 0.5) is 0 Å². The lowest BCUT2D eigenvalue weighted by atomic mass is 10.0. The smallest absolute Gasteiger partial charge is 0.251 e. The lowest BCUT2D eigenvalue weighted by Gasteiger charge is -2.14. The Morgan fingerprint density at radius 3 is 2.81 bits per heavy atom. The van der Waals surface area contributed by atoms with Gasteiger partial charge in [-0.25, -0.2) is 4.98 Å². The second kappa shape index (κ2) is 7.79. The van der Waals surface area contributed by atoms with Crippen molar-refractivity contribution >= 4 is 5.91 Å². The van der Waals surface area contributed by atoms with Crippen molar-refractivity contribution in [3.63, 3.8) is 0 Å². The van der Waals surface area contributed by atoms with E-state index in [0.29, 0.717) is 23.4 Å². The van der Waals surface area contributed by atoms with Gasteiger partial charge in [0.1, 0.15) is 18.7 Å². The van der Waals surface area contributed by atoms with Gasteiger partial charge in [0.25, 0.3) is 5.91 Å². The molecule has 2 aromatic heterocycles. The van der Waals surface area contributed by atoms with Crippen molar-refractivity contribution in [1.29, 1.82) is 5.26 Å². The van der Waals surface area contributed by atoms with E-state index in [-0.39, 0.29) is 11.9 Å². The van der Waals surface area contributed by atoms with Gasteiger partial charge >= 0.3 is 0 Å². The average Bonchev–Trinajstić information content (AvgIpc) is 3.14. The Morgan fingerprint density at radius 1 is 1.33 bits per heavy atom. The fourth-order valence-corrected chi connectivity index (χ4v) is 2.93. The van der Waals surface area contributed by atoms with Crippen molar-refractivity contribution < 1.29 is 4.79 Å². The summed E-state index contributed by atoms with van der Waals surface area (Å²) in [5, 5.41) is 16.2. The van der Waals surface area contributed by atoms with Gasteiger partial charge in [0.15, 0.2) is 0 Å². The minimum Gasteiger partial charge on any atom is -0.348 e. The summed E-state index contributed by atoms with van der Waals surface area (Å²) in [5.41, 5.74) is 4.28. The highest BCUT2D eigenvalue weighted by molar-refractivity contribution is 5.95. The van der Waals surface area contributed by atoms with Crippen molar-refractivity contribution in [3.05, 3.63) is 65.4 Å². The number of carbonyl (C=O) groups is 1. The summed E-state index contributed by atoms with van der Waals surface area (Å²) in [6.45, 7) is 6.16. The Kier molecular flexibility index (Phi) is 5.27. The van der Waals surface area contributed by atoms with Crippen molar-refractivity contribution in [2.75, 3.05) is 0 Å². The van der Waals surface area contributed by atoms with Crippen LogP contribution in [-0.4, -0.2) is 31.7 Å². The van der Waals surface area contributed by atoms with Gasteiger partial charge < -0.3 is 5.32 Å². The fourth-order valence-electron chi connectivity index (χ4n) is 2.93. The molecule has 0 bridgehead atoms. The van der Waals surface area contributed by atoms with Gasteiger partial charge in [-0.3, -0.25) is 14.5 Å². The predicted octanol–water partition coefficient (Wildman–Crippen LogP) is 2.65. The lowest BCUT2D eigenvalue weighted by molar-refractivity contribution is 0.0936. The fraction of sp³-hybridized carbons (Fsp3) is 0.250. The number of amides is 1. The molecule has 0 aliphatic heterocycles. The highest BCUT2D eigenvalue weighted by Crippen LogP contribution is 2.22. The first-order chi connectivity index (χ1) is 13.0. The number of rotatable bonds is 5. The van der Waals surface area contributed by atoms with Crippen LogP contribution in [-0.2, 0) is 6.54 Å². The van der Waals surface area contributed by atoms with Gasteiger partial charge in [0.2, 0.25) is 0 Å². The number of nitrogens with zero attached hydrogens (tertiary/aromatic N) is 5. The van der Waals surface area contributed by atoms with Gasteiger partial charge in [-0.05, 0) is 44.5 Å². The number of pyridine rings is 1. The maximum atomic E-state index is 12.6. The number of hydrogen-bond acceptors (Lipinski definition) is 5. The van der Waals surface area contributed by atoms with Crippen molar-refractivity contribution in [2.24, 2.45) is 0 Å². The van der Waals surface area contributed by atoms with E-state index in [0.717, 1.165) is 16.8 Å². The first-order valence-corrected chi connectivity index (χ1v) is 8.60. The summed E-state index contributed by atoms with van der Waals surface area (Å²) >= 11 is 0. The molecular weight excluding hydrogens is 340 g/mol. The van der Waals surface area contributed by atoms with E-state index in [9.17, 15) is 10.1 Å². The molecule has 0 fully saturated rings. The molecule has 136 valence electrons. The minimum atomic E-state index is -0.161. The van der Waals surface area contributed by atoms with Crippen LogP contribution >= 0.6 is 0 Å². The maximum Gasteiger partial charge on any atom is 0.251 e. The van der Waals surface area contributed by atoms with Gasteiger partial charge in [-0.15, -0.1) is 0 Å². The monoisotopic (exact) mass is 360 g/mol. The normalized spacial score (nSPS) is 11.6. The van der Waals surface area contributed by atoms with E-state index in [1.807, 2.05) is 45.0 Å². The summed E-state index contributed by atoms with van der Waals surface area (Å²) in [4.78, 5) is 21.0. The zero-order chi connectivity index (χ0) is 19.4. The van der Waals surface area contributed by atoms with Crippen molar-refractivity contribution in [1.82, 2.24) is 25.1 Å². The first kappa shape index (κ1) is 18.3.